The highest BCUT2D eigenvalue weighted by Gasteiger charge is 2.23. The first-order valence-electron chi connectivity index (χ1n) is 6.75. The second kappa shape index (κ2) is 5.89. The summed E-state index contributed by atoms with van der Waals surface area (Å²) in [7, 11) is 0. The van der Waals surface area contributed by atoms with Gasteiger partial charge in [-0.3, -0.25) is 4.90 Å². The number of alkyl halides is 1. The monoisotopic (exact) mass is 286 g/mol. The van der Waals surface area contributed by atoms with Gasteiger partial charge in [0.05, 0.1) is 12.2 Å². The number of hydrogen-bond donors (Lipinski definition) is 0. The molecule has 0 N–H and O–H groups in total. The van der Waals surface area contributed by atoms with Gasteiger partial charge in [0, 0.05) is 22.7 Å². The van der Waals surface area contributed by atoms with Crippen LogP contribution in [0.2, 0.25) is 0 Å². The van der Waals surface area contributed by atoms with Crippen LogP contribution in [-0.2, 0) is 12.0 Å². The predicted octanol–water partition coefficient (Wildman–Crippen LogP) is 4.03. The molecule has 1 aliphatic rings. The maximum atomic E-state index is 6.06. The molecule has 0 amide bonds. The van der Waals surface area contributed by atoms with Crippen LogP contribution in [0.3, 0.4) is 0 Å². The van der Waals surface area contributed by atoms with E-state index in [1.807, 2.05) is 0 Å². The number of aromatic nitrogens is 1. The molecule has 2 heterocycles. The van der Waals surface area contributed by atoms with Gasteiger partial charge in [0.25, 0.3) is 0 Å². The standard InChI is InChI=1S/C14H23ClN2S/c1-14(2,3)12-10-18-13(16-12)9-17-7-5-4-6-11(17)8-15/h10-11H,4-9H2,1-3H3. The fourth-order valence-electron chi connectivity index (χ4n) is 2.34. The molecule has 0 aliphatic carbocycles. The van der Waals surface area contributed by atoms with Crippen LogP contribution in [0.4, 0.5) is 0 Å². The molecule has 4 heteroatoms. The summed E-state index contributed by atoms with van der Waals surface area (Å²) in [5.41, 5.74) is 1.37. The molecule has 1 atom stereocenters. The molecule has 1 saturated heterocycles. The van der Waals surface area contributed by atoms with Crippen molar-refractivity contribution in [3.63, 3.8) is 0 Å². The summed E-state index contributed by atoms with van der Waals surface area (Å²) in [5.74, 6) is 0.748. The van der Waals surface area contributed by atoms with Crippen molar-refractivity contribution < 1.29 is 0 Å². The molecular weight excluding hydrogens is 264 g/mol. The summed E-state index contributed by atoms with van der Waals surface area (Å²) in [5, 5.41) is 3.44. The smallest absolute Gasteiger partial charge is 0.107 e. The Morgan fingerprint density at radius 3 is 2.83 bits per heavy atom. The normalized spacial score (nSPS) is 22.3. The summed E-state index contributed by atoms with van der Waals surface area (Å²) in [6.45, 7) is 8.79. The predicted molar refractivity (Wildman–Crippen MR) is 79.6 cm³/mol. The van der Waals surface area contributed by atoms with Gasteiger partial charge in [0.1, 0.15) is 5.01 Å². The van der Waals surface area contributed by atoms with Crippen LogP contribution in [-0.4, -0.2) is 28.4 Å². The second-order valence-electron chi connectivity index (χ2n) is 6.15. The van der Waals surface area contributed by atoms with Gasteiger partial charge in [-0.05, 0) is 19.4 Å². The van der Waals surface area contributed by atoms with Crippen molar-refractivity contribution in [2.75, 3.05) is 12.4 Å². The van der Waals surface area contributed by atoms with E-state index >= 15 is 0 Å². The number of likely N-dealkylation sites (tertiary alicyclic amines) is 1. The first kappa shape index (κ1) is 14.3. The second-order valence-corrected chi connectivity index (χ2v) is 7.40. The molecule has 0 aromatic carbocycles. The number of piperidine rings is 1. The lowest BCUT2D eigenvalue weighted by molar-refractivity contribution is 0.154. The lowest BCUT2D eigenvalue weighted by Crippen LogP contribution is -2.40. The van der Waals surface area contributed by atoms with Crippen LogP contribution in [0.1, 0.15) is 50.7 Å². The Morgan fingerprint density at radius 2 is 2.22 bits per heavy atom. The highest BCUT2D eigenvalue weighted by atomic mass is 35.5. The molecule has 0 saturated carbocycles. The molecule has 2 rings (SSSR count). The minimum atomic E-state index is 0.155. The average Bonchev–Trinajstić information content (AvgIpc) is 2.78. The van der Waals surface area contributed by atoms with Gasteiger partial charge in [-0.1, -0.05) is 27.2 Å². The highest BCUT2D eigenvalue weighted by molar-refractivity contribution is 7.09. The fourth-order valence-corrected chi connectivity index (χ4v) is 3.74. The number of nitrogens with zero attached hydrogens (tertiary/aromatic N) is 2. The maximum absolute atomic E-state index is 6.06. The molecule has 1 aliphatic heterocycles. The van der Waals surface area contributed by atoms with Gasteiger partial charge in [-0.25, -0.2) is 4.98 Å². The Hall–Kier alpha value is -0.120. The van der Waals surface area contributed by atoms with E-state index in [1.54, 1.807) is 11.3 Å². The molecule has 1 aromatic rings. The summed E-state index contributed by atoms with van der Waals surface area (Å²) in [6, 6.07) is 0.544. The van der Waals surface area contributed by atoms with E-state index in [1.165, 1.54) is 36.5 Å². The van der Waals surface area contributed by atoms with Gasteiger partial charge in [-0.15, -0.1) is 22.9 Å². The van der Waals surface area contributed by atoms with Crippen LogP contribution in [0, 0.1) is 0 Å². The number of rotatable bonds is 3. The van der Waals surface area contributed by atoms with Crippen LogP contribution in [0.5, 0.6) is 0 Å². The molecule has 0 spiro atoms. The largest absolute Gasteiger partial charge is 0.293 e. The molecule has 102 valence electrons. The SMILES string of the molecule is CC(C)(C)c1csc(CN2CCCCC2CCl)n1. The third-order valence-corrected chi connectivity index (χ3v) is 4.78. The molecular formula is C14H23ClN2S. The van der Waals surface area contributed by atoms with Crippen LogP contribution in [0.25, 0.3) is 0 Å². The number of halogens is 1. The van der Waals surface area contributed by atoms with Crippen molar-refractivity contribution >= 4 is 22.9 Å². The maximum Gasteiger partial charge on any atom is 0.107 e. The molecule has 1 fully saturated rings. The van der Waals surface area contributed by atoms with Crippen LogP contribution >= 0.6 is 22.9 Å². The Morgan fingerprint density at radius 1 is 1.44 bits per heavy atom. The van der Waals surface area contributed by atoms with E-state index in [4.69, 9.17) is 16.6 Å². The third-order valence-electron chi connectivity index (χ3n) is 3.59. The quantitative estimate of drug-likeness (QED) is 0.780. The fraction of sp³-hybridized carbons (Fsp3) is 0.786. The van der Waals surface area contributed by atoms with Crippen molar-refractivity contribution in [3.8, 4) is 0 Å². The van der Waals surface area contributed by atoms with Gasteiger partial charge < -0.3 is 0 Å². The topological polar surface area (TPSA) is 16.1 Å². The summed E-state index contributed by atoms with van der Waals surface area (Å²) < 4.78 is 0. The van der Waals surface area contributed by atoms with E-state index in [9.17, 15) is 0 Å². The molecule has 18 heavy (non-hydrogen) atoms. The van der Waals surface area contributed by atoms with E-state index in [0.717, 1.165) is 12.4 Å². The zero-order valence-corrected chi connectivity index (χ0v) is 13.2. The Bertz CT molecular complexity index is 383. The zero-order valence-electron chi connectivity index (χ0n) is 11.6. The molecule has 2 nitrogen and oxygen atoms in total. The molecule has 1 unspecified atom stereocenters. The van der Waals surface area contributed by atoms with Crippen molar-refractivity contribution in [3.05, 3.63) is 16.1 Å². The summed E-state index contributed by atoms with van der Waals surface area (Å²) in [4.78, 5) is 7.28. The lowest BCUT2D eigenvalue weighted by Gasteiger charge is -2.33. The van der Waals surface area contributed by atoms with Gasteiger partial charge >= 0.3 is 0 Å². The van der Waals surface area contributed by atoms with Gasteiger partial charge in [0.2, 0.25) is 0 Å². The number of thiazole rings is 1. The van der Waals surface area contributed by atoms with E-state index in [-0.39, 0.29) is 5.41 Å². The molecule has 0 radical (unpaired) electrons. The first-order chi connectivity index (χ1) is 8.50. The average molecular weight is 287 g/mol. The van der Waals surface area contributed by atoms with E-state index in [0.29, 0.717) is 6.04 Å². The number of hydrogen-bond acceptors (Lipinski definition) is 3. The lowest BCUT2D eigenvalue weighted by atomic mass is 9.93. The van der Waals surface area contributed by atoms with Crippen LogP contribution in [0.15, 0.2) is 5.38 Å². The minimum absolute atomic E-state index is 0.155. The Kier molecular flexibility index (Phi) is 4.68. The first-order valence-corrected chi connectivity index (χ1v) is 8.17. The van der Waals surface area contributed by atoms with E-state index in [2.05, 4.69) is 31.1 Å². The van der Waals surface area contributed by atoms with Crippen LogP contribution < -0.4 is 0 Å². The van der Waals surface area contributed by atoms with Gasteiger partial charge in [0.15, 0.2) is 0 Å². The van der Waals surface area contributed by atoms with Crippen molar-refractivity contribution in [1.82, 2.24) is 9.88 Å². The Labute approximate surface area is 119 Å². The zero-order chi connectivity index (χ0) is 13.2. The molecule has 0 bridgehead atoms. The van der Waals surface area contributed by atoms with Crippen molar-refractivity contribution in [1.29, 1.82) is 0 Å². The van der Waals surface area contributed by atoms with Crippen molar-refractivity contribution in [2.45, 2.75) is 58.0 Å². The highest BCUT2D eigenvalue weighted by Crippen LogP contribution is 2.26. The molecule has 1 aromatic heterocycles. The minimum Gasteiger partial charge on any atom is -0.293 e. The Balaban J connectivity index is 2.02. The van der Waals surface area contributed by atoms with E-state index < -0.39 is 0 Å². The van der Waals surface area contributed by atoms with Crippen molar-refractivity contribution in [2.24, 2.45) is 0 Å². The summed E-state index contributed by atoms with van der Waals surface area (Å²) in [6.07, 6.45) is 3.85. The summed E-state index contributed by atoms with van der Waals surface area (Å²) >= 11 is 7.85. The third kappa shape index (κ3) is 3.46. The van der Waals surface area contributed by atoms with Gasteiger partial charge in [-0.2, -0.15) is 0 Å².